The van der Waals surface area contributed by atoms with Crippen LogP contribution in [0.5, 0.6) is 0 Å². The third kappa shape index (κ3) is 5.01. The number of ketones is 1. The van der Waals surface area contributed by atoms with E-state index in [1.54, 1.807) is 55.6 Å². The second-order valence-electron chi connectivity index (χ2n) is 6.45. The quantitative estimate of drug-likeness (QED) is 0.425. The van der Waals surface area contributed by atoms with Crippen molar-refractivity contribution in [2.24, 2.45) is 0 Å². The minimum absolute atomic E-state index is 0.0172. The fraction of sp³-hybridized carbons (Fsp3) is 0.136. The fourth-order valence-electron chi connectivity index (χ4n) is 2.68. The zero-order valence-corrected chi connectivity index (χ0v) is 17.0. The number of hydrogen-bond acceptors (Lipinski definition) is 6. The minimum Gasteiger partial charge on any atom is -0.388 e. The van der Waals surface area contributed by atoms with Gasteiger partial charge in [-0.2, -0.15) is 0 Å². The summed E-state index contributed by atoms with van der Waals surface area (Å²) in [6.07, 6.45) is 0. The molecule has 0 spiro atoms. The predicted octanol–water partition coefficient (Wildman–Crippen LogP) is 4.31. The number of sulfone groups is 1. The van der Waals surface area contributed by atoms with Crippen molar-refractivity contribution in [1.82, 2.24) is 0 Å². The summed E-state index contributed by atoms with van der Waals surface area (Å²) < 4.78 is 25.4. The van der Waals surface area contributed by atoms with Gasteiger partial charge in [-0.15, -0.1) is 0 Å². The maximum atomic E-state index is 12.7. The average Bonchev–Trinajstić information content (AvgIpc) is 2.74. The number of carbonyl (C=O) groups is 1. The van der Waals surface area contributed by atoms with E-state index < -0.39 is 9.84 Å². The van der Waals surface area contributed by atoms with Crippen LogP contribution in [0.4, 0.5) is 11.4 Å². The number of carbonyl (C=O) groups excluding carboxylic acids is 1. The van der Waals surface area contributed by atoms with E-state index in [4.69, 9.17) is 4.84 Å². The minimum atomic E-state index is -3.58. The highest BCUT2D eigenvalue weighted by molar-refractivity contribution is 7.91. The third-order valence-electron chi connectivity index (χ3n) is 4.41. The molecule has 0 saturated carbocycles. The smallest absolute Gasteiger partial charge is 0.206 e. The Morgan fingerprint density at radius 2 is 1.34 bits per heavy atom. The summed E-state index contributed by atoms with van der Waals surface area (Å²) in [4.78, 5) is 17.2. The van der Waals surface area contributed by atoms with Gasteiger partial charge in [-0.1, -0.05) is 24.3 Å². The molecule has 3 rings (SSSR count). The molecule has 0 bridgehead atoms. The van der Waals surface area contributed by atoms with Gasteiger partial charge in [0.1, 0.15) is 0 Å². The zero-order chi connectivity index (χ0) is 20.9. The summed E-state index contributed by atoms with van der Waals surface area (Å²) in [5, 5.41) is 2.96. The number of rotatable bonds is 8. The van der Waals surface area contributed by atoms with Crippen LogP contribution < -0.4 is 10.8 Å². The van der Waals surface area contributed by atoms with Crippen LogP contribution in [0.2, 0.25) is 0 Å². The van der Waals surface area contributed by atoms with E-state index in [0.717, 1.165) is 11.3 Å². The van der Waals surface area contributed by atoms with Gasteiger partial charge in [0.05, 0.1) is 22.1 Å². The summed E-state index contributed by atoms with van der Waals surface area (Å²) in [7, 11) is -1.80. The van der Waals surface area contributed by atoms with E-state index in [-0.39, 0.29) is 15.6 Å². The molecular weight excluding hydrogens is 388 g/mol. The topological polar surface area (TPSA) is 84.5 Å². The molecule has 0 aromatic heterocycles. The van der Waals surface area contributed by atoms with Gasteiger partial charge in [0.2, 0.25) is 9.84 Å². The van der Waals surface area contributed by atoms with Gasteiger partial charge in [0.25, 0.3) is 0 Å². The molecule has 0 saturated heterocycles. The van der Waals surface area contributed by atoms with Crippen molar-refractivity contribution in [2.45, 2.75) is 23.3 Å². The molecule has 0 unspecified atom stereocenters. The van der Waals surface area contributed by atoms with Crippen molar-refractivity contribution in [1.29, 1.82) is 0 Å². The third-order valence-corrected chi connectivity index (χ3v) is 6.19. The van der Waals surface area contributed by atoms with Crippen LogP contribution >= 0.6 is 0 Å². The van der Waals surface area contributed by atoms with Crippen molar-refractivity contribution in [3.8, 4) is 0 Å². The Labute approximate surface area is 170 Å². The number of benzene rings is 3. The zero-order valence-electron chi connectivity index (χ0n) is 16.2. The molecule has 29 heavy (non-hydrogen) atoms. The monoisotopic (exact) mass is 410 g/mol. The molecule has 150 valence electrons. The molecule has 6 nitrogen and oxygen atoms in total. The molecule has 0 fully saturated rings. The van der Waals surface area contributed by atoms with Crippen LogP contribution in [0.3, 0.4) is 0 Å². The van der Waals surface area contributed by atoms with E-state index in [1.807, 2.05) is 12.1 Å². The molecule has 0 radical (unpaired) electrons. The number of Topliss-reactive ketones (excluding diaryl/α,β-unsaturated/α-hetero) is 1. The highest BCUT2D eigenvalue weighted by Gasteiger charge is 2.17. The lowest BCUT2D eigenvalue weighted by Crippen LogP contribution is -2.04. The average molecular weight is 410 g/mol. The van der Waals surface area contributed by atoms with Crippen LogP contribution in [0, 0.1) is 0 Å². The van der Waals surface area contributed by atoms with Gasteiger partial charge in [0.15, 0.2) is 5.78 Å². The molecule has 0 aliphatic heterocycles. The van der Waals surface area contributed by atoms with Crippen LogP contribution in [0.15, 0.2) is 82.6 Å². The Hall–Kier alpha value is -3.16. The van der Waals surface area contributed by atoms with Gasteiger partial charge < -0.3 is 5.32 Å². The van der Waals surface area contributed by atoms with Gasteiger partial charge in [-0.25, -0.2) is 8.42 Å². The molecule has 7 heteroatoms. The molecule has 3 aromatic rings. The standard InChI is InChI=1S/C22H22N2O4S/c1-16(25)18-5-3-17(4-6-18)15-28-24-20-9-13-22(14-10-20)29(26,27)21-11-7-19(23-2)8-12-21/h3-14,23-24H,15H2,1-2H3. The molecule has 0 heterocycles. The van der Waals surface area contributed by atoms with Gasteiger partial charge in [-0.3, -0.25) is 15.1 Å². The summed E-state index contributed by atoms with van der Waals surface area (Å²) in [6.45, 7) is 1.82. The van der Waals surface area contributed by atoms with Crippen molar-refractivity contribution >= 4 is 27.0 Å². The first kappa shape index (κ1) is 20.6. The largest absolute Gasteiger partial charge is 0.388 e. The maximum Gasteiger partial charge on any atom is 0.206 e. The lowest BCUT2D eigenvalue weighted by Gasteiger charge is -2.09. The van der Waals surface area contributed by atoms with Crippen LogP contribution in [0.1, 0.15) is 22.8 Å². The Morgan fingerprint density at radius 3 is 1.83 bits per heavy atom. The highest BCUT2D eigenvalue weighted by Crippen LogP contribution is 2.23. The van der Waals surface area contributed by atoms with Gasteiger partial charge >= 0.3 is 0 Å². The highest BCUT2D eigenvalue weighted by atomic mass is 32.2. The van der Waals surface area contributed by atoms with E-state index >= 15 is 0 Å². The van der Waals surface area contributed by atoms with Crippen molar-refractivity contribution < 1.29 is 18.0 Å². The van der Waals surface area contributed by atoms with E-state index in [2.05, 4.69) is 10.8 Å². The van der Waals surface area contributed by atoms with E-state index in [0.29, 0.717) is 17.9 Å². The fourth-order valence-corrected chi connectivity index (χ4v) is 3.94. The van der Waals surface area contributed by atoms with E-state index in [1.165, 1.54) is 19.1 Å². The van der Waals surface area contributed by atoms with Crippen LogP contribution in [0.25, 0.3) is 0 Å². The molecule has 0 aliphatic carbocycles. The summed E-state index contributed by atoms with van der Waals surface area (Å²) in [5.74, 6) is 0.0172. The Bertz CT molecular complexity index is 1080. The first-order chi connectivity index (χ1) is 13.9. The van der Waals surface area contributed by atoms with Crippen molar-refractivity contribution in [3.05, 3.63) is 83.9 Å². The van der Waals surface area contributed by atoms with E-state index in [9.17, 15) is 13.2 Å². The van der Waals surface area contributed by atoms with Gasteiger partial charge in [-0.05, 0) is 61.0 Å². The normalized spacial score (nSPS) is 11.1. The lowest BCUT2D eigenvalue weighted by molar-refractivity contribution is 0.101. The number of hydrogen-bond donors (Lipinski definition) is 2. The Kier molecular flexibility index (Phi) is 6.31. The molecule has 0 atom stereocenters. The molecule has 0 amide bonds. The summed E-state index contributed by atoms with van der Waals surface area (Å²) in [5.41, 5.74) is 5.83. The molecule has 0 aliphatic rings. The lowest BCUT2D eigenvalue weighted by atomic mass is 10.1. The van der Waals surface area contributed by atoms with Crippen molar-refractivity contribution in [2.75, 3.05) is 17.8 Å². The SMILES string of the molecule is CNc1ccc(S(=O)(=O)c2ccc(NOCc3ccc(C(C)=O)cc3)cc2)cc1. The summed E-state index contributed by atoms with van der Waals surface area (Å²) in [6, 6.07) is 20.1. The Morgan fingerprint density at radius 1 is 0.828 bits per heavy atom. The Balaban J connectivity index is 1.61. The van der Waals surface area contributed by atoms with Crippen LogP contribution in [-0.4, -0.2) is 21.2 Å². The second kappa shape index (κ2) is 8.89. The molecule has 2 N–H and O–H groups in total. The maximum absolute atomic E-state index is 12.7. The first-order valence-corrected chi connectivity index (χ1v) is 10.5. The van der Waals surface area contributed by atoms with Crippen molar-refractivity contribution in [3.63, 3.8) is 0 Å². The van der Waals surface area contributed by atoms with Gasteiger partial charge in [0, 0.05) is 18.3 Å². The van der Waals surface area contributed by atoms with Crippen LogP contribution in [-0.2, 0) is 21.3 Å². The first-order valence-electron chi connectivity index (χ1n) is 9.01. The predicted molar refractivity (Wildman–Crippen MR) is 113 cm³/mol. The summed E-state index contributed by atoms with van der Waals surface area (Å²) >= 11 is 0. The molecule has 3 aromatic carbocycles. The second-order valence-corrected chi connectivity index (χ2v) is 8.40. The number of anilines is 2. The molecular formula is C22H22N2O4S. The number of nitrogens with one attached hydrogen (secondary N) is 2.